The van der Waals surface area contributed by atoms with Crippen molar-refractivity contribution >= 4 is 11.9 Å². The van der Waals surface area contributed by atoms with Gasteiger partial charge in [0.15, 0.2) is 5.69 Å². The molecule has 0 unspecified atom stereocenters. The third-order valence-electron chi connectivity index (χ3n) is 2.78. The summed E-state index contributed by atoms with van der Waals surface area (Å²) in [6.07, 6.45) is 6.05. The largest absolute Gasteiger partial charge is 0.257 e. The zero-order valence-corrected chi connectivity index (χ0v) is 10.7. The highest BCUT2D eigenvalue weighted by atomic mass is 32.2. The SMILES string of the molecule is CSn1c[n+](Cc2ccccn2)c(C)c1C. The van der Waals surface area contributed by atoms with Gasteiger partial charge in [0.1, 0.15) is 12.2 Å². The van der Waals surface area contributed by atoms with Crippen LogP contribution in [0.3, 0.4) is 0 Å². The number of aromatic nitrogens is 3. The number of imidazole rings is 1. The van der Waals surface area contributed by atoms with Crippen molar-refractivity contribution in [3.63, 3.8) is 0 Å². The van der Waals surface area contributed by atoms with Crippen LogP contribution in [0.4, 0.5) is 0 Å². The summed E-state index contributed by atoms with van der Waals surface area (Å²) in [5.41, 5.74) is 3.68. The van der Waals surface area contributed by atoms with Gasteiger partial charge in [0.05, 0.1) is 17.6 Å². The first-order valence-corrected chi connectivity index (χ1v) is 6.43. The van der Waals surface area contributed by atoms with E-state index in [2.05, 4.69) is 46.0 Å². The van der Waals surface area contributed by atoms with Crippen molar-refractivity contribution in [1.82, 2.24) is 8.96 Å². The fourth-order valence-corrected chi connectivity index (χ4v) is 2.29. The normalized spacial score (nSPS) is 10.7. The summed E-state index contributed by atoms with van der Waals surface area (Å²) in [6.45, 7) is 5.12. The van der Waals surface area contributed by atoms with E-state index in [9.17, 15) is 0 Å². The van der Waals surface area contributed by atoms with E-state index in [1.807, 2.05) is 18.3 Å². The van der Waals surface area contributed by atoms with Gasteiger partial charge in [0, 0.05) is 26.3 Å². The summed E-state index contributed by atoms with van der Waals surface area (Å²) in [5.74, 6) is 0. The highest BCUT2D eigenvalue weighted by molar-refractivity contribution is 7.97. The predicted molar refractivity (Wildman–Crippen MR) is 66.4 cm³/mol. The van der Waals surface area contributed by atoms with E-state index in [0.717, 1.165) is 12.2 Å². The Morgan fingerprint density at radius 3 is 2.75 bits per heavy atom. The molecule has 0 spiro atoms. The maximum atomic E-state index is 4.34. The van der Waals surface area contributed by atoms with Gasteiger partial charge in [-0.05, 0) is 12.1 Å². The van der Waals surface area contributed by atoms with Gasteiger partial charge in [-0.2, -0.15) is 3.97 Å². The molecule has 0 atom stereocenters. The van der Waals surface area contributed by atoms with Gasteiger partial charge < -0.3 is 0 Å². The Morgan fingerprint density at radius 2 is 2.19 bits per heavy atom. The lowest BCUT2D eigenvalue weighted by molar-refractivity contribution is -0.693. The quantitative estimate of drug-likeness (QED) is 0.757. The molecule has 0 saturated carbocycles. The molecule has 0 aliphatic carbocycles. The second-order valence-electron chi connectivity index (χ2n) is 3.74. The van der Waals surface area contributed by atoms with E-state index in [0.29, 0.717) is 0 Å². The summed E-state index contributed by atoms with van der Waals surface area (Å²) >= 11 is 1.72. The molecule has 0 saturated heterocycles. The standard InChI is InChI=1S/C12H16N3S/c1-10-11(2)15(16-3)9-14(10)8-12-6-4-5-7-13-12/h4-7,9H,8H2,1-3H3/q+1. The molecule has 0 amide bonds. The molecule has 0 aromatic carbocycles. The number of hydrogen-bond donors (Lipinski definition) is 0. The zero-order valence-electron chi connectivity index (χ0n) is 9.84. The van der Waals surface area contributed by atoms with Crippen LogP contribution in [0.2, 0.25) is 0 Å². The van der Waals surface area contributed by atoms with E-state index in [-0.39, 0.29) is 0 Å². The summed E-state index contributed by atoms with van der Waals surface area (Å²) in [7, 11) is 0. The molecule has 2 aromatic heterocycles. The second kappa shape index (κ2) is 4.70. The summed E-state index contributed by atoms with van der Waals surface area (Å²) < 4.78 is 4.41. The molecular formula is C12H16N3S+. The average Bonchev–Trinajstić information content (AvgIpc) is 2.58. The minimum atomic E-state index is 0.834. The minimum absolute atomic E-state index is 0.834. The Bertz CT molecular complexity index is 477. The highest BCUT2D eigenvalue weighted by Gasteiger charge is 2.15. The molecule has 0 fully saturated rings. The predicted octanol–water partition coefficient (Wildman–Crippen LogP) is 1.96. The van der Waals surface area contributed by atoms with Crippen molar-refractivity contribution in [2.24, 2.45) is 0 Å². The molecule has 16 heavy (non-hydrogen) atoms. The number of nitrogens with zero attached hydrogens (tertiary/aromatic N) is 3. The molecular weight excluding hydrogens is 218 g/mol. The lowest BCUT2D eigenvalue weighted by Crippen LogP contribution is -2.35. The maximum absolute atomic E-state index is 4.34. The lowest BCUT2D eigenvalue weighted by Gasteiger charge is -1.97. The Kier molecular flexibility index (Phi) is 3.29. The molecule has 0 bridgehead atoms. The van der Waals surface area contributed by atoms with Gasteiger partial charge >= 0.3 is 0 Å². The molecule has 3 nitrogen and oxygen atoms in total. The van der Waals surface area contributed by atoms with Crippen LogP contribution < -0.4 is 4.57 Å². The Hall–Kier alpha value is -1.29. The second-order valence-corrected chi connectivity index (χ2v) is 4.50. The van der Waals surface area contributed by atoms with Crippen molar-refractivity contribution in [3.8, 4) is 0 Å². The van der Waals surface area contributed by atoms with Crippen molar-refractivity contribution in [1.29, 1.82) is 0 Å². The number of rotatable bonds is 3. The van der Waals surface area contributed by atoms with Crippen molar-refractivity contribution < 1.29 is 4.57 Å². The Balaban J connectivity index is 2.29. The first-order valence-electron chi connectivity index (χ1n) is 5.24. The third-order valence-corrected chi connectivity index (χ3v) is 3.55. The Morgan fingerprint density at radius 1 is 1.38 bits per heavy atom. The van der Waals surface area contributed by atoms with Crippen LogP contribution in [0.15, 0.2) is 30.7 Å². The van der Waals surface area contributed by atoms with E-state index in [1.165, 1.54) is 11.4 Å². The molecule has 0 aliphatic heterocycles. The number of pyridine rings is 1. The van der Waals surface area contributed by atoms with Crippen LogP contribution in [0, 0.1) is 13.8 Å². The Labute approximate surface area is 100 Å². The van der Waals surface area contributed by atoms with E-state index in [4.69, 9.17) is 0 Å². The van der Waals surface area contributed by atoms with E-state index in [1.54, 1.807) is 11.9 Å². The van der Waals surface area contributed by atoms with Crippen LogP contribution in [-0.2, 0) is 6.54 Å². The molecule has 2 rings (SSSR count). The zero-order chi connectivity index (χ0) is 11.5. The number of hydrogen-bond acceptors (Lipinski definition) is 2. The minimum Gasteiger partial charge on any atom is -0.257 e. The molecule has 0 aliphatic rings. The van der Waals surface area contributed by atoms with Crippen molar-refractivity contribution in [2.45, 2.75) is 20.4 Å². The first kappa shape index (κ1) is 11.2. The van der Waals surface area contributed by atoms with Crippen LogP contribution in [0.1, 0.15) is 17.1 Å². The van der Waals surface area contributed by atoms with Crippen molar-refractivity contribution in [3.05, 3.63) is 47.8 Å². The van der Waals surface area contributed by atoms with Gasteiger partial charge in [0.25, 0.3) is 6.33 Å². The lowest BCUT2D eigenvalue weighted by atomic mass is 10.3. The maximum Gasteiger partial charge on any atom is 0.256 e. The smallest absolute Gasteiger partial charge is 0.256 e. The monoisotopic (exact) mass is 234 g/mol. The summed E-state index contributed by atoms with van der Waals surface area (Å²) in [6, 6.07) is 6.02. The molecule has 4 heteroatoms. The van der Waals surface area contributed by atoms with Gasteiger partial charge in [-0.15, -0.1) is 0 Å². The third kappa shape index (κ3) is 2.11. The van der Waals surface area contributed by atoms with Crippen LogP contribution in [0.5, 0.6) is 0 Å². The topological polar surface area (TPSA) is 21.7 Å². The fourth-order valence-electron chi connectivity index (χ4n) is 1.68. The van der Waals surface area contributed by atoms with Crippen LogP contribution in [0.25, 0.3) is 0 Å². The van der Waals surface area contributed by atoms with Gasteiger partial charge in [0.2, 0.25) is 0 Å². The van der Waals surface area contributed by atoms with E-state index >= 15 is 0 Å². The summed E-state index contributed by atoms with van der Waals surface area (Å²) in [4.78, 5) is 4.34. The van der Waals surface area contributed by atoms with Gasteiger partial charge in [-0.1, -0.05) is 6.07 Å². The van der Waals surface area contributed by atoms with Gasteiger partial charge in [-0.25, -0.2) is 4.57 Å². The molecule has 0 radical (unpaired) electrons. The molecule has 0 N–H and O–H groups in total. The van der Waals surface area contributed by atoms with E-state index < -0.39 is 0 Å². The summed E-state index contributed by atoms with van der Waals surface area (Å²) in [5, 5.41) is 0. The fraction of sp³-hybridized carbons (Fsp3) is 0.333. The van der Waals surface area contributed by atoms with Crippen molar-refractivity contribution in [2.75, 3.05) is 6.26 Å². The van der Waals surface area contributed by atoms with Crippen LogP contribution >= 0.6 is 11.9 Å². The molecule has 84 valence electrons. The average molecular weight is 234 g/mol. The van der Waals surface area contributed by atoms with Crippen LogP contribution in [-0.4, -0.2) is 15.2 Å². The molecule has 2 aromatic rings. The molecule has 2 heterocycles. The van der Waals surface area contributed by atoms with Gasteiger partial charge in [-0.3, -0.25) is 4.98 Å². The highest BCUT2D eigenvalue weighted by Crippen LogP contribution is 2.09. The first-order chi connectivity index (χ1) is 7.72.